The van der Waals surface area contributed by atoms with Crippen molar-refractivity contribution in [2.45, 2.75) is 25.2 Å². The van der Waals surface area contributed by atoms with Crippen LogP contribution in [-0.4, -0.2) is 22.3 Å². The largest absolute Gasteiger partial charge is 0.452 e. The molecule has 0 radical (unpaired) electrons. The summed E-state index contributed by atoms with van der Waals surface area (Å²) < 4.78 is 11.7. The molecule has 0 N–H and O–H groups in total. The van der Waals surface area contributed by atoms with E-state index in [1.54, 1.807) is 56.3 Å². The van der Waals surface area contributed by atoms with Gasteiger partial charge in [-0.05, 0) is 44.2 Å². The number of carbonyl (C=O) groups is 1. The van der Waals surface area contributed by atoms with Crippen LogP contribution in [0, 0.1) is 10.1 Å². The van der Waals surface area contributed by atoms with E-state index in [1.165, 1.54) is 11.0 Å². The first-order valence-electron chi connectivity index (χ1n) is 8.20. The number of amides is 1. The zero-order valence-electron chi connectivity index (χ0n) is 14.5. The lowest BCUT2D eigenvalue weighted by Crippen LogP contribution is -2.60. The number of hydrogen-bond donors (Lipinski definition) is 0. The fourth-order valence-electron chi connectivity index (χ4n) is 3.42. The molecule has 0 bridgehead atoms. The second kappa shape index (κ2) is 5.72. The Kier molecular flexibility index (Phi) is 3.68. The van der Waals surface area contributed by atoms with E-state index in [4.69, 9.17) is 21.1 Å². The van der Waals surface area contributed by atoms with Gasteiger partial charge in [-0.15, -0.1) is 0 Å². The first kappa shape index (κ1) is 17.4. The van der Waals surface area contributed by atoms with Crippen molar-refractivity contribution in [3.05, 3.63) is 69.2 Å². The summed E-state index contributed by atoms with van der Waals surface area (Å²) in [5, 5.41) is 11.8. The first-order chi connectivity index (χ1) is 12.7. The number of anilines is 1. The van der Waals surface area contributed by atoms with Crippen LogP contribution in [0.5, 0.6) is 5.75 Å². The van der Waals surface area contributed by atoms with Crippen LogP contribution in [0.15, 0.2) is 48.5 Å². The van der Waals surface area contributed by atoms with Crippen molar-refractivity contribution >= 4 is 35.1 Å². The molecule has 2 aromatic rings. The monoisotopic (exact) mass is 386 g/mol. The van der Waals surface area contributed by atoms with Crippen molar-refractivity contribution in [1.82, 2.24) is 0 Å². The highest BCUT2D eigenvalue weighted by Gasteiger charge is 2.63. The van der Waals surface area contributed by atoms with Crippen LogP contribution in [-0.2, 0) is 4.74 Å². The van der Waals surface area contributed by atoms with Crippen LogP contribution in [0.2, 0.25) is 5.02 Å². The Morgan fingerprint density at radius 1 is 1.15 bits per heavy atom. The molecule has 7 nitrogen and oxygen atoms in total. The molecule has 1 atom stereocenters. The van der Waals surface area contributed by atoms with Crippen molar-refractivity contribution < 1.29 is 19.2 Å². The highest BCUT2D eigenvalue weighted by Crippen LogP contribution is 2.50. The van der Waals surface area contributed by atoms with E-state index in [2.05, 4.69) is 0 Å². The first-order valence-corrected chi connectivity index (χ1v) is 8.57. The van der Waals surface area contributed by atoms with Gasteiger partial charge >= 0.3 is 11.8 Å². The molecule has 27 heavy (non-hydrogen) atoms. The average Bonchev–Trinajstić information content (AvgIpc) is 2.80. The minimum Gasteiger partial charge on any atom is -0.452 e. The van der Waals surface area contributed by atoms with Crippen LogP contribution >= 0.6 is 11.6 Å². The maximum atomic E-state index is 12.7. The van der Waals surface area contributed by atoms with Crippen molar-refractivity contribution in [2.24, 2.45) is 0 Å². The van der Waals surface area contributed by atoms with E-state index in [9.17, 15) is 14.9 Å². The Labute approximate surface area is 159 Å². The predicted molar refractivity (Wildman–Crippen MR) is 100.0 cm³/mol. The molecule has 0 unspecified atom stereocenters. The lowest BCUT2D eigenvalue weighted by molar-refractivity contribution is -0.386. The quantitative estimate of drug-likeness (QED) is 0.547. The van der Waals surface area contributed by atoms with Crippen LogP contribution in [0.1, 0.15) is 19.4 Å². The van der Waals surface area contributed by atoms with Gasteiger partial charge in [0.1, 0.15) is 0 Å². The summed E-state index contributed by atoms with van der Waals surface area (Å²) in [5.74, 6) is 0.0409. The number of nitro benzene ring substituents is 1. The number of rotatable bonds is 2. The summed E-state index contributed by atoms with van der Waals surface area (Å²) >= 11 is 6.00. The highest BCUT2D eigenvalue weighted by molar-refractivity contribution is 6.31. The van der Waals surface area contributed by atoms with Crippen molar-refractivity contribution in [3.63, 3.8) is 0 Å². The summed E-state index contributed by atoms with van der Waals surface area (Å²) in [4.78, 5) is 25.0. The standard InChI is InChI=1S/C19H15ClN2O5/c1-18(2)19(21(17(23)27-18)14-6-4-3-5-7-14)9-8-12-10-13(20)11-15(22(24)25)16(12)26-19/h3-11H,1-2H3/t19-/m0/s1. The molecular weight excluding hydrogens is 372 g/mol. The molecule has 4 rings (SSSR count). The maximum Gasteiger partial charge on any atom is 0.418 e. The van der Waals surface area contributed by atoms with Gasteiger partial charge in [0.2, 0.25) is 5.75 Å². The second-order valence-corrected chi connectivity index (χ2v) is 7.22. The zero-order chi connectivity index (χ0) is 19.4. The number of fused-ring (bicyclic) bond motifs is 1. The Morgan fingerprint density at radius 3 is 2.52 bits per heavy atom. The van der Waals surface area contributed by atoms with Crippen LogP contribution < -0.4 is 9.64 Å². The number of hydrogen-bond acceptors (Lipinski definition) is 5. The Bertz CT molecular complexity index is 989. The zero-order valence-corrected chi connectivity index (χ0v) is 15.3. The molecule has 0 aromatic heterocycles. The third-order valence-corrected chi connectivity index (χ3v) is 4.96. The second-order valence-electron chi connectivity index (χ2n) is 6.78. The minimum atomic E-state index is -1.39. The van der Waals surface area contributed by atoms with Gasteiger partial charge in [-0.1, -0.05) is 29.8 Å². The van der Waals surface area contributed by atoms with Gasteiger partial charge in [0.25, 0.3) is 5.72 Å². The third-order valence-electron chi connectivity index (χ3n) is 4.74. The fourth-order valence-corrected chi connectivity index (χ4v) is 3.64. The van der Waals surface area contributed by atoms with Gasteiger partial charge in [-0.25, -0.2) is 9.69 Å². The van der Waals surface area contributed by atoms with E-state index < -0.39 is 22.3 Å². The lowest BCUT2D eigenvalue weighted by atomic mass is 9.90. The number of para-hydroxylation sites is 1. The predicted octanol–water partition coefficient (Wildman–Crippen LogP) is 4.79. The molecule has 2 aromatic carbocycles. The molecular formula is C19H15ClN2O5. The van der Waals surface area contributed by atoms with Crippen molar-refractivity contribution in [3.8, 4) is 5.75 Å². The third kappa shape index (κ3) is 2.46. The van der Waals surface area contributed by atoms with Crippen LogP contribution in [0.4, 0.5) is 16.2 Å². The van der Waals surface area contributed by atoms with Gasteiger partial charge < -0.3 is 9.47 Å². The Hall–Kier alpha value is -3.06. The van der Waals surface area contributed by atoms with E-state index >= 15 is 0 Å². The van der Waals surface area contributed by atoms with Crippen molar-refractivity contribution in [1.29, 1.82) is 0 Å². The molecule has 1 fully saturated rings. The number of nitrogens with zero attached hydrogens (tertiary/aromatic N) is 2. The molecule has 2 heterocycles. The molecule has 2 aliphatic heterocycles. The van der Waals surface area contributed by atoms with E-state index in [1.807, 2.05) is 6.07 Å². The number of carbonyl (C=O) groups excluding carboxylic acids is 1. The summed E-state index contributed by atoms with van der Waals surface area (Å²) in [7, 11) is 0. The molecule has 1 amide bonds. The molecule has 2 aliphatic rings. The minimum absolute atomic E-state index is 0.0409. The van der Waals surface area contributed by atoms with Gasteiger partial charge in [0.05, 0.1) is 10.6 Å². The Morgan fingerprint density at radius 2 is 1.85 bits per heavy atom. The van der Waals surface area contributed by atoms with Crippen molar-refractivity contribution in [2.75, 3.05) is 4.90 Å². The topological polar surface area (TPSA) is 81.9 Å². The average molecular weight is 387 g/mol. The molecule has 0 aliphatic carbocycles. The fraction of sp³-hybridized carbons (Fsp3) is 0.211. The molecule has 1 spiro atoms. The van der Waals surface area contributed by atoms with Crippen LogP contribution in [0.3, 0.4) is 0 Å². The highest BCUT2D eigenvalue weighted by atomic mass is 35.5. The van der Waals surface area contributed by atoms with E-state index in [-0.39, 0.29) is 16.5 Å². The summed E-state index contributed by atoms with van der Waals surface area (Å²) in [6.45, 7) is 3.40. The van der Waals surface area contributed by atoms with E-state index in [0.717, 1.165) is 0 Å². The maximum absolute atomic E-state index is 12.7. The number of halogens is 1. The molecule has 8 heteroatoms. The molecule has 138 valence electrons. The number of cyclic esters (lactones) is 1. The Balaban J connectivity index is 1.93. The van der Waals surface area contributed by atoms with Gasteiger partial charge in [-0.2, -0.15) is 0 Å². The normalized spacial score (nSPS) is 22.3. The SMILES string of the molecule is CC1(C)OC(=O)N(c2ccccc2)[C@]12C=Cc1cc(Cl)cc([N+](=O)[O-])c1O2. The van der Waals surface area contributed by atoms with Gasteiger partial charge in [-0.3, -0.25) is 10.1 Å². The number of ether oxygens (including phenoxy) is 2. The summed E-state index contributed by atoms with van der Waals surface area (Å²) in [6.07, 6.45) is 2.74. The van der Waals surface area contributed by atoms with Gasteiger partial charge in [0, 0.05) is 16.7 Å². The summed E-state index contributed by atoms with van der Waals surface area (Å²) in [5.41, 5.74) is -1.76. The number of benzene rings is 2. The smallest absolute Gasteiger partial charge is 0.418 e. The summed E-state index contributed by atoms with van der Waals surface area (Å²) in [6, 6.07) is 11.7. The van der Waals surface area contributed by atoms with E-state index in [0.29, 0.717) is 11.3 Å². The molecule has 0 saturated carbocycles. The van der Waals surface area contributed by atoms with Gasteiger partial charge in [0.15, 0.2) is 5.60 Å². The number of nitro groups is 1. The van der Waals surface area contributed by atoms with Crippen LogP contribution in [0.25, 0.3) is 6.08 Å². The molecule has 1 saturated heterocycles. The lowest BCUT2D eigenvalue weighted by Gasteiger charge is -2.42.